The largest absolute Gasteiger partial charge is 0.492 e. The molecule has 1 aliphatic heterocycles. The lowest BCUT2D eigenvalue weighted by atomic mass is 10.2. The molecule has 0 spiro atoms. The number of aryl methyl sites for hydroxylation is 1. The molecule has 0 aliphatic carbocycles. The third-order valence-electron chi connectivity index (χ3n) is 3.76. The van der Waals surface area contributed by atoms with Crippen LogP contribution in [0.4, 0.5) is 0 Å². The number of likely N-dealkylation sites (N-methyl/N-ethyl adjacent to an activating group) is 1. The van der Waals surface area contributed by atoms with Crippen LogP contribution in [0.25, 0.3) is 0 Å². The van der Waals surface area contributed by atoms with E-state index in [1.165, 1.54) is 5.56 Å². The van der Waals surface area contributed by atoms with Crippen molar-refractivity contribution in [3.8, 4) is 5.75 Å². The minimum atomic E-state index is 0.314. The first kappa shape index (κ1) is 14.3. The van der Waals surface area contributed by atoms with Gasteiger partial charge in [-0.05, 0) is 31.7 Å². The number of hydrogen-bond acceptors (Lipinski definition) is 4. The maximum absolute atomic E-state index is 5.90. The van der Waals surface area contributed by atoms with E-state index in [9.17, 15) is 0 Å². The van der Waals surface area contributed by atoms with Crippen molar-refractivity contribution in [1.82, 2.24) is 9.80 Å². The predicted molar refractivity (Wildman–Crippen MR) is 78.6 cm³/mol. The molecular formula is C15H25N3O. The van der Waals surface area contributed by atoms with Gasteiger partial charge in [-0.25, -0.2) is 0 Å². The molecular weight excluding hydrogens is 238 g/mol. The minimum absolute atomic E-state index is 0.314. The van der Waals surface area contributed by atoms with E-state index in [4.69, 9.17) is 10.5 Å². The highest BCUT2D eigenvalue weighted by atomic mass is 16.5. The second kappa shape index (κ2) is 6.89. The van der Waals surface area contributed by atoms with Crippen molar-refractivity contribution in [2.24, 2.45) is 5.73 Å². The molecule has 0 bridgehead atoms. The third kappa shape index (κ3) is 4.20. The molecule has 1 atom stereocenters. The summed E-state index contributed by atoms with van der Waals surface area (Å²) in [6, 6.07) is 8.49. The van der Waals surface area contributed by atoms with Crippen LogP contribution in [0.15, 0.2) is 24.3 Å². The first-order chi connectivity index (χ1) is 9.19. The van der Waals surface area contributed by atoms with Crippen LogP contribution in [0.5, 0.6) is 5.75 Å². The maximum atomic E-state index is 5.90. The molecule has 106 valence electrons. The number of hydrogen-bond donors (Lipinski definition) is 1. The summed E-state index contributed by atoms with van der Waals surface area (Å²) in [5.41, 5.74) is 7.12. The smallest absolute Gasteiger partial charge is 0.119 e. The fraction of sp³-hybridized carbons (Fsp3) is 0.600. The van der Waals surface area contributed by atoms with E-state index in [1.54, 1.807) is 0 Å². The van der Waals surface area contributed by atoms with Crippen molar-refractivity contribution < 1.29 is 4.74 Å². The average Bonchev–Trinajstić information content (AvgIpc) is 2.41. The van der Waals surface area contributed by atoms with Gasteiger partial charge in [0.05, 0.1) is 6.04 Å². The predicted octanol–water partition coefficient (Wildman–Crippen LogP) is 0.949. The van der Waals surface area contributed by atoms with Crippen molar-refractivity contribution in [3.63, 3.8) is 0 Å². The van der Waals surface area contributed by atoms with Gasteiger partial charge in [0.25, 0.3) is 0 Å². The Morgan fingerprint density at radius 3 is 2.63 bits per heavy atom. The number of nitrogens with zero attached hydrogens (tertiary/aromatic N) is 2. The summed E-state index contributed by atoms with van der Waals surface area (Å²) >= 11 is 0. The lowest BCUT2D eigenvalue weighted by Gasteiger charge is -2.37. The number of piperazine rings is 1. The molecule has 0 amide bonds. The summed E-state index contributed by atoms with van der Waals surface area (Å²) in [7, 11) is 2.16. The lowest BCUT2D eigenvalue weighted by molar-refractivity contribution is 0.0856. The summed E-state index contributed by atoms with van der Waals surface area (Å²) in [6.45, 7) is 7.78. The van der Waals surface area contributed by atoms with Crippen molar-refractivity contribution in [2.45, 2.75) is 13.0 Å². The number of nitrogens with two attached hydrogens (primary N) is 1. The van der Waals surface area contributed by atoms with E-state index in [-0.39, 0.29) is 0 Å². The Labute approximate surface area is 116 Å². The molecule has 1 fully saturated rings. The van der Waals surface area contributed by atoms with Gasteiger partial charge in [-0.3, -0.25) is 4.90 Å². The van der Waals surface area contributed by atoms with Crippen LogP contribution in [0.3, 0.4) is 0 Å². The zero-order valence-electron chi connectivity index (χ0n) is 12.0. The Balaban J connectivity index is 1.85. The summed E-state index contributed by atoms with van der Waals surface area (Å²) in [4.78, 5) is 4.79. The molecule has 2 N–H and O–H groups in total. The van der Waals surface area contributed by atoms with Crippen LogP contribution >= 0.6 is 0 Å². The van der Waals surface area contributed by atoms with E-state index >= 15 is 0 Å². The van der Waals surface area contributed by atoms with Crippen molar-refractivity contribution >= 4 is 0 Å². The van der Waals surface area contributed by atoms with Crippen LogP contribution in [-0.2, 0) is 0 Å². The molecule has 1 heterocycles. The Hall–Kier alpha value is -1.10. The molecule has 0 radical (unpaired) electrons. The minimum Gasteiger partial charge on any atom is -0.492 e. The van der Waals surface area contributed by atoms with Gasteiger partial charge in [-0.2, -0.15) is 0 Å². The van der Waals surface area contributed by atoms with Crippen molar-refractivity contribution in [1.29, 1.82) is 0 Å². The first-order valence-electron chi connectivity index (χ1n) is 7.01. The Kier molecular flexibility index (Phi) is 5.19. The van der Waals surface area contributed by atoms with Gasteiger partial charge < -0.3 is 15.4 Å². The lowest BCUT2D eigenvalue weighted by Crippen LogP contribution is -2.53. The highest BCUT2D eigenvalue weighted by Gasteiger charge is 2.21. The molecule has 1 saturated heterocycles. The highest BCUT2D eigenvalue weighted by Crippen LogP contribution is 2.14. The molecule has 19 heavy (non-hydrogen) atoms. The zero-order chi connectivity index (χ0) is 13.7. The Morgan fingerprint density at radius 1 is 1.26 bits per heavy atom. The second-order valence-electron chi connectivity index (χ2n) is 5.36. The van der Waals surface area contributed by atoms with Crippen LogP contribution in [0.1, 0.15) is 5.56 Å². The van der Waals surface area contributed by atoms with E-state index in [0.29, 0.717) is 19.2 Å². The van der Waals surface area contributed by atoms with E-state index < -0.39 is 0 Å². The van der Waals surface area contributed by atoms with Gasteiger partial charge in [0.15, 0.2) is 0 Å². The first-order valence-corrected chi connectivity index (χ1v) is 7.01. The van der Waals surface area contributed by atoms with Crippen LogP contribution in [-0.4, -0.2) is 62.2 Å². The van der Waals surface area contributed by atoms with Crippen LogP contribution in [0.2, 0.25) is 0 Å². The molecule has 2 rings (SSSR count). The van der Waals surface area contributed by atoms with E-state index in [2.05, 4.69) is 35.9 Å². The second-order valence-corrected chi connectivity index (χ2v) is 5.36. The fourth-order valence-corrected chi connectivity index (χ4v) is 2.41. The molecule has 0 saturated carbocycles. The van der Waals surface area contributed by atoms with E-state index in [0.717, 1.165) is 31.9 Å². The monoisotopic (exact) mass is 263 g/mol. The standard InChI is InChI=1S/C15H25N3O/c1-13-4-3-5-15(10-13)19-12-14(11-16)18-8-6-17(2)7-9-18/h3-5,10,14H,6-9,11-12,16H2,1-2H3. The van der Waals surface area contributed by atoms with Gasteiger partial charge in [-0.15, -0.1) is 0 Å². The SMILES string of the molecule is Cc1cccc(OCC(CN)N2CCN(C)CC2)c1. The molecule has 1 aromatic carbocycles. The van der Waals surface area contributed by atoms with Gasteiger partial charge in [0, 0.05) is 32.7 Å². The molecule has 1 unspecified atom stereocenters. The number of rotatable bonds is 5. The van der Waals surface area contributed by atoms with Gasteiger partial charge in [0.2, 0.25) is 0 Å². The summed E-state index contributed by atoms with van der Waals surface area (Å²) in [6.07, 6.45) is 0. The average molecular weight is 263 g/mol. The highest BCUT2D eigenvalue weighted by molar-refractivity contribution is 5.27. The molecule has 1 aromatic rings. The summed E-state index contributed by atoms with van der Waals surface area (Å²) in [5, 5.41) is 0. The Morgan fingerprint density at radius 2 is 2.00 bits per heavy atom. The number of benzene rings is 1. The van der Waals surface area contributed by atoms with Gasteiger partial charge in [0.1, 0.15) is 12.4 Å². The van der Waals surface area contributed by atoms with Gasteiger partial charge >= 0.3 is 0 Å². The summed E-state index contributed by atoms with van der Waals surface area (Å²) < 4.78 is 5.88. The molecule has 4 heteroatoms. The quantitative estimate of drug-likeness (QED) is 0.859. The molecule has 4 nitrogen and oxygen atoms in total. The fourth-order valence-electron chi connectivity index (χ4n) is 2.41. The Bertz CT molecular complexity index is 389. The van der Waals surface area contributed by atoms with Crippen molar-refractivity contribution in [3.05, 3.63) is 29.8 Å². The molecule has 1 aliphatic rings. The van der Waals surface area contributed by atoms with E-state index in [1.807, 2.05) is 12.1 Å². The van der Waals surface area contributed by atoms with Gasteiger partial charge in [-0.1, -0.05) is 12.1 Å². The van der Waals surface area contributed by atoms with Crippen LogP contribution < -0.4 is 10.5 Å². The van der Waals surface area contributed by atoms with Crippen LogP contribution in [0, 0.1) is 6.92 Å². The molecule has 0 aromatic heterocycles. The normalized spacial score (nSPS) is 19.3. The zero-order valence-corrected chi connectivity index (χ0v) is 12.0. The summed E-state index contributed by atoms with van der Waals surface area (Å²) in [5.74, 6) is 0.938. The van der Waals surface area contributed by atoms with Crippen molar-refractivity contribution in [2.75, 3.05) is 46.4 Å². The maximum Gasteiger partial charge on any atom is 0.119 e. The number of ether oxygens (including phenoxy) is 1. The topological polar surface area (TPSA) is 41.7 Å². The third-order valence-corrected chi connectivity index (χ3v) is 3.76.